The normalized spacial score (nSPS) is 10.4. The first kappa shape index (κ1) is 13.0. The fourth-order valence-electron chi connectivity index (χ4n) is 1.68. The number of anilines is 1. The number of hydrogen-bond donors (Lipinski definition) is 1. The van der Waals surface area contributed by atoms with E-state index in [1.807, 2.05) is 6.92 Å². The minimum absolute atomic E-state index is 0.237. The van der Waals surface area contributed by atoms with Crippen molar-refractivity contribution in [3.63, 3.8) is 0 Å². The Morgan fingerprint density at radius 2 is 1.72 bits per heavy atom. The largest absolute Gasteiger partial charge is 0.380 e. The van der Waals surface area contributed by atoms with Gasteiger partial charge in [0.2, 0.25) is 0 Å². The van der Waals surface area contributed by atoms with Crippen LogP contribution in [0.25, 0.3) is 0 Å². The number of halogens is 3. The van der Waals surface area contributed by atoms with E-state index in [9.17, 15) is 8.78 Å². The van der Waals surface area contributed by atoms with Gasteiger partial charge < -0.3 is 5.32 Å². The Kier molecular flexibility index (Phi) is 3.97. The van der Waals surface area contributed by atoms with Crippen LogP contribution in [-0.2, 0) is 6.54 Å². The molecule has 0 aliphatic rings. The van der Waals surface area contributed by atoms with Crippen LogP contribution in [-0.4, -0.2) is 0 Å². The van der Waals surface area contributed by atoms with E-state index in [2.05, 4.69) is 21.2 Å². The fourth-order valence-corrected chi connectivity index (χ4v) is 2.17. The zero-order valence-corrected chi connectivity index (χ0v) is 11.4. The third kappa shape index (κ3) is 3.07. The third-order valence-corrected chi connectivity index (χ3v) is 3.36. The lowest BCUT2D eigenvalue weighted by Gasteiger charge is -2.10. The highest BCUT2D eigenvalue weighted by Crippen LogP contribution is 2.24. The van der Waals surface area contributed by atoms with Gasteiger partial charge in [0.05, 0.1) is 0 Å². The van der Waals surface area contributed by atoms with Crippen LogP contribution in [0.5, 0.6) is 0 Å². The summed E-state index contributed by atoms with van der Waals surface area (Å²) in [6.07, 6.45) is 0. The van der Waals surface area contributed by atoms with E-state index in [0.717, 1.165) is 16.8 Å². The molecule has 0 aliphatic carbocycles. The van der Waals surface area contributed by atoms with Crippen molar-refractivity contribution < 1.29 is 8.78 Å². The van der Waals surface area contributed by atoms with Gasteiger partial charge in [-0.3, -0.25) is 0 Å². The lowest BCUT2D eigenvalue weighted by Crippen LogP contribution is -2.02. The second-order valence-corrected chi connectivity index (χ2v) is 4.90. The molecule has 1 N–H and O–H groups in total. The van der Waals surface area contributed by atoms with Crippen LogP contribution in [0.15, 0.2) is 40.9 Å². The zero-order chi connectivity index (χ0) is 13.1. The minimum atomic E-state index is -0.287. The van der Waals surface area contributed by atoms with Gasteiger partial charge in [-0.2, -0.15) is 0 Å². The molecule has 2 rings (SSSR count). The molecule has 0 unspecified atom stereocenters. The molecular formula is C14H12BrF2N. The van der Waals surface area contributed by atoms with E-state index in [-0.39, 0.29) is 11.6 Å². The van der Waals surface area contributed by atoms with Crippen LogP contribution in [0.2, 0.25) is 0 Å². The van der Waals surface area contributed by atoms with Crippen molar-refractivity contribution in [2.75, 3.05) is 5.32 Å². The Hall–Kier alpha value is -1.42. The van der Waals surface area contributed by atoms with Gasteiger partial charge in [0.15, 0.2) is 0 Å². The highest BCUT2D eigenvalue weighted by Gasteiger charge is 2.03. The molecule has 0 spiro atoms. The molecule has 0 amide bonds. The van der Waals surface area contributed by atoms with Crippen LogP contribution < -0.4 is 5.32 Å². The van der Waals surface area contributed by atoms with Gasteiger partial charge in [-0.1, -0.05) is 6.07 Å². The fraction of sp³-hybridized carbons (Fsp3) is 0.143. The maximum absolute atomic E-state index is 12.9. The topological polar surface area (TPSA) is 12.0 Å². The van der Waals surface area contributed by atoms with E-state index in [1.165, 1.54) is 24.3 Å². The number of rotatable bonds is 3. The smallest absolute Gasteiger partial charge is 0.124 e. The molecule has 1 nitrogen and oxygen atoms in total. The molecule has 0 aliphatic heterocycles. The molecule has 0 atom stereocenters. The van der Waals surface area contributed by atoms with Gasteiger partial charge in [0.25, 0.3) is 0 Å². The second-order valence-electron chi connectivity index (χ2n) is 4.05. The predicted molar refractivity (Wildman–Crippen MR) is 72.6 cm³/mol. The molecule has 4 heteroatoms. The quantitative estimate of drug-likeness (QED) is 0.870. The van der Waals surface area contributed by atoms with Crippen molar-refractivity contribution in [1.29, 1.82) is 0 Å². The Morgan fingerprint density at radius 1 is 1.06 bits per heavy atom. The Morgan fingerprint density at radius 3 is 2.39 bits per heavy atom. The first-order chi connectivity index (χ1) is 8.56. The summed E-state index contributed by atoms with van der Waals surface area (Å²) >= 11 is 3.29. The van der Waals surface area contributed by atoms with Crippen molar-refractivity contribution in [3.05, 3.63) is 63.6 Å². The highest BCUT2D eigenvalue weighted by atomic mass is 79.9. The van der Waals surface area contributed by atoms with Gasteiger partial charge in [-0.05, 0) is 64.3 Å². The molecule has 2 aromatic carbocycles. The van der Waals surface area contributed by atoms with Crippen LogP contribution >= 0.6 is 15.9 Å². The third-order valence-electron chi connectivity index (χ3n) is 2.71. The number of nitrogens with one attached hydrogen (secondary N) is 1. The predicted octanol–water partition coefficient (Wildman–Crippen LogP) is 4.65. The number of aryl methyl sites for hydroxylation is 1. The summed E-state index contributed by atoms with van der Waals surface area (Å²) in [7, 11) is 0. The maximum Gasteiger partial charge on any atom is 0.124 e. The van der Waals surface area contributed by atoms with Crippen molar-refractivity contribution in [2.45, 2.75) is 13.5 Å². The average molecular weight is 312 g/mol. The highest BCUT2D eigenvalue weighted by molar-refractivity contribution is 9.10. The van der Waals surface area contributed by atoms with Gasteiger partial charge in [-0.15, -0.1) is 0 Å². The molecule has 0 bridgehead atoms. The summed E-state index contributed by atoms with van der Waals surface area (Å²) in [4.78, 5) is 0. The lowest BCUT2D eigenvalue weighted by molar-refractivity contribution is 0.625. The standard InChI is InChI=1S/C14H12BrF2N/c1-9-6-11(16)3-2-10(9)8-18-14-5-4-12(17)7-13(14)15/h2-7,18H,8H2,1H3. The molecular weight excluding hydrogens is 300 g/mol. The van der Waals surface area contributed by atoms with E-state index < -0.39 is 0 Å². The SMILES string of the molecule is Cc1cc(F)ccc1CNc1ccc(F)cc1Br. The van der Waals surface area contributed by atoms with Crippen molar-refractivity contribution in [1.82, 2.24) is 0 Å². The Bertz CT molecular complexity index is 518. The van der Waals surface area contributed by atoms with Crippen LogP contribution in [0.3, 0.4) is 0 Å². The van der Waals surface area contributed by atoms with Crippen molar-refractivity contribution >= 4 is 21.6 Å². The first-order valence-corrected chi connectivity index (χ1v) is 6.29. The number of benzene rings is 2. The maximum atomic E-state index is 12.9. The molecule has 0 aromatic heterocycles. The van der Waals surface area contributed by atoms with E-state index >= 15 is 0 Å². The summed E-state index contributed by atoms with van der Waals surface area (Å²) in [5, 5.41) is 3.18. The van der Waals surface area contributed by atoms with Gasteiger partial charge in [-0.25, -0.2) is 8.78 Å². The lowest BCUT2D eigenvalue weighted by atomic mass is 10.1. The Labute approximate surface area is 113 Å². The van der Waals surface area contributed by atoms with E-state index in [1.54, 1.807) is 12.1 Å². The van der Waals surface area contributed by atoms with Crippen LogP contribution in [0, 0.1) is 18.6 Å². The summed E-state index contributed by atoms with van der Waals surface area (Å²) in [5.41, 5.74) is 2.70. The molecule has 0 saturated carbocycles. The van der Waals surface area contributed by atoms with Gasteiger partial charge >= 0.3 is 0 Å². The summed E-state index contributed by atoms with van der Waals surface area (Å²) in [6, 6.07) is 9.14. The second kappa shape index (κ2) is 5.48. The average Bonchev–Trinajstić information content (AvgIpc) is 2.30. The molecule has 0 radical (unpaired) electrons. The first-order valence-electron chi connectivity index (χ1n) is 5.50. The molecule has 18 heavy (non-hydrogen) atoms. The molecule has 2 aromatic rings. The zero-order valence-electron chi connectivity index (χ0n) is 9.81. The minimum Gasteiger partial charge on any atom is -0.380 e. The van der Waals surface area contributed by atoms with Crippen molar-refractivity contribution in [3.8, 4) is 0 Å². The van der Waals surface area contributed by atoms with Gasteiger partial charge in [0.1, 0.15) is 11.6 Å². The Balaban J connectivity index is 2.11. The van der Waals surface area contributed by atoms with E-state index in [4.69, 9.17) is 0 Å². The molecule has 0 heterocycles. The van der Waals surface area contributed by atoms with E-state index in [0.29, 0.717) is 11.0 Å². The monoisotopic (exact) mass is 311 g/mol. The van der Waals surface area contributed by atoms with Gasteiger partial charge in [0, 0.05) is 16.7 Å². The van der Waals surface area contributed by atoms with Crippen LogP contribution in [0.4, 0.5) is 14.5 Å². The molecule has 94 valence electrons. The summed E-state index contributed by atoms with van der Waals surface area (Å²) < 4.78 is 26.5. The molecule has 0 fully saturated rings. The number of hydrogen-bond acceptors (Lipinski definition) is 1. The van der Waals surface area contributed by atoms with Crippen molar-refractivity contribution in [2.24, 2.45) is 0 Å². The summed E-state index contributed by atoms with van der Waals surface area (Å²) in [5.74, 6) is -0.524. The summed E-state index contributed by atoms with van der Waals surface area (Å²) in [6.45, 7) is 2.43. The van der Waals surface area contributed by atoms with Crippen LogP contribution in [0.1, 0.15) is 11.1 Å². The molecule has 0 saturated heterocycles.